The van der Waals surface area contributed by atoms with Gasteiger partial charge in [-0.15, -0.1) is 0 Å². The molecule has 0 atom stereocenters. The Bertz CT molecular complexity index is 684. The molecule has 120 valence electrons. The number of rotatable bonds is 5. The van der Waals surface area contributed by atoms with Crippen LogP contribution in [0.4, 0.5) is 11.4 Å². The summed E-state index contributed by atoms with van der Waals surface area (Å²) in [6.45, 7) is 3.79. The topological polar surface area (TPSA) is 45.2 Å². The molecule has 1 aromatic heterocycles. The van der Waals surface area contributed by atoms with E-state index in [4.69, 9.17) is 0 Å². The van der Waals surface area contributed by atoms with E-state index >= 15 is 0 Å². The van der Waals surface area contributed by atoms with Gasteiger partial charge in [-0.2, -0.15) is 0 Å². The van der Waals surface area contributed by atoms with Gasteiger partial charge in [-0.1, -0.05) is 31.5 Å². The van der Waals surface area contributed by atoms with Crippen LogP contribution >= 0.6 is 0 Å². The first-order valence-corrected chi connectivity index (χ1v) is 8.38. The predicted octanol–water partition coefficient (Wildman–Crippen LogP) is 3.70. The number of nitrogens with zero attached hydrogens (tertiary/aromatic N) is 2. The van der Waals surface area contributed by atoms with E-state index in [1.54, 1.807) is 6.20 Å². The van der Waals surface area contributed by atoms with Gasteiger partial charge in [0.05, 0.1) is 17.4 Å². The maximum Gasteiger partial charge on any atom is 0.252 e. The lowest BCUT2D eigenvalue weighted by Crippen LogP contribution is -2.27. The van der Waals surface area contributed by atoms with Crippen LogP contribution in [0, 0.1) is 0 Å². The van der Waals surface area contributed by atoms with Crippen molar-refractivity contribution in [2.24, 2.45) is 0 Å². The third-order valence-corrected chi connectivity index (χ3v) is 4.22. The molecule has 0 spiro atoms. The van der Waals surface area contributed by atoms with E-state index in [9.17, 15) is 4.79 Å². The van der Waals surface area contributed by atoms with E-state index < -0.39 is 0 Å². The van der Waals surface area contributed by atoms with Crippen LogP contribution in [0.3, 0.4) is 0 Å². The van der Waals surface area contributed by atoms with E-state index in [0.29, 0.717) is 12.1 Å². The van der Waals surface area contributed by atoms with Gasteiger partial charge in [-0.05, 0) is 37.0 Å². The number of aryl methyl sites for hydroxylation is 1. The van der Waals surface area contributed by atoms with Crippen molar-refractivity contribution in [3.8, 4) is 0 Å². The van der Waals surface area contributed by atoms with Gasteiger partial charge in [-0.25, -0.2) is 0 Å². The fourth-order valence-electron chi connectivity index (χ4n) is 2.98. The number of carbonyl (C=O) groups is 1. The third-order valence-electron chi connectivity index (χ3n) is 4.22. The standard InChI is InChI=1S/C19H23N3O/c1-2-3-10-21-19(23)16-12-17(14-20-13-16)22-11-6-8-15-7-4-5-9-18(15)22/h4-5,7,9,12-14H,2-3,6,8,10-11H2,1H3,(H,21,23). The second-order valence-corrected chi connectivity index (χ2v) is 5.93. The zero-order valence-electron chi connectivity index (χ0n) is 13.6. The first-order chi connectivity index (χ1) is 11.3. The average molecular weight is 309 g/mol. The van der Waals surface area contributed by atoms with Crippen LogP contribution < -0.4 is 10.2 Å². The largest absolute Gasteiger partial charge is 0.352 e. The van der Waals surface area contributed by atoms with Gasteiger partial charge < -0.3 is 10.2 Å². The molecule has 1 aromatic carbocycles. The normalized spacial score (nSPS) is 13.5. The summed E-state index contributed by atoms with van der Waals surface area (Å²) in [5.41, 5.74) is 4.20. The number of aromatic nitrogens is 1. The number of para-hydroxylation sites is 1. The van der Waals surface area contributed by atoms with Crippen LogP contribution in [0.2, 0.25) is 0 Å². The smallest absolute Gasteiger partial charge is 0.252 e. The highest BCUT2D eigenvalue weighted by Crippen LogP contribution is 2.33. The maximum absolute atomic E-state index is 12.2. The number of unbranched alkanes of at least 4 members (excludes halogenated alkanes) is 1. The minimum Gasteiger partial charge on any atom is -0.352 e. The average Bonchev–Trinajstić information content (AvgIpc) is 2.61. The summed E-state index contributed by atoms with van der Waals surface area (Å²) in [7, 11) is 0. The van der Waals surface area contributed by atoms with Crippen molar-refractivity contribution in [2.75, 3.05) is 18.0 Å². The molecular formula is C19H23N3O. The zero-order valence-corrected chi connectivity index (χ0v) is 13.6. The molecule has 4 heteroatoms. The molecule has 23 heavy (non-hydrogen) atoms. The number of amides is 1. The van der Waals surface area contributed by atoms with Crippen LogP contribution in [0.5, 0.6) is 0 Å². The number of pyridine rings is 1. The number of nitrogens with one attached hydrogen (secondary N) is 1. The van der Waals surface area contributed by atoms with E-state index in [1.807, 2.05) is 12.3 Å². The van der Waals surface area contributed by atoms with E-state index in [2.05, 4.69) is 46.4 Å². The molecule has 0 aliphatic carbocycles. The Morgan fingerprint density at radius 1 is 1.30 bits per heavy atom. The molecule has 2 aromatic rings. The minimum atomic E-state index is -0.0434. The molecule has 0 fully saturated rings. The number of carbonyl (C=O) groups excluding carboxylic acids is 1. The molecule has 0 unspecified atom stereocenters. The molecule has 1 N–H and O–H groups in total. The monoisotopic (exact) mass is 309 g/mol. The summed E-state index contributed by atoms with van der Waals surface area (Å²) in [5.74, 6) is -0.0434. The highest BCUT2D eigenvalue weighted by atomic mass is 16.1. The molecule has 0 saturated carbocycles. The van der Waals surface area contributed by atoms with Crippen molar-refractivity contribution in [1.29, 1.82) is 0 Å². The minimum absolute atomic E-state index is 0.0434. The number of anilines is 2. The van der Waals surface area contributed by atoms with Gasteiger partial charge in [0, 0.05) is 25.0 Å². The number of hydrogen-bond acceptors (Lipinski definition) is 3. The summed E-state index contributed by atoms with van der Waals surface area (Å²) in [5, 5.41) is 2.95. The van der Waals surface area contributed by atoms with Crippen molar-refractivity contribution >= 4 is 17.3 Å². The summed E-state index contributed by atoms with van der Waals surface area (Å²) in [6.07, 6.45) is 7.77. The fraction of sp³-hybridized carbons (Fsp3) is 0.368. The summed E-state index contributed by atoms with van der Waals surface area (Å²) in [4.78, 5) is 18.8. The second-order valence-electron chi connectivity index (χ2n) is 5.93. The molecule has 1 aliphatic rings. The molecule has 0 saturated heterocycles. The van der Waals surface area contributed by atoms with Crippen molar-refractivity contribution < 1.29 is 4.79 Å². The molecule has 0 bridgehead atoms. The Morgan fingerprint density at radius 3 is 3.04 bits per heavy atom. The Hall–Kier alpha value is -2.36. The Morgan fingerprint density at radius 2 is 2.17 bits per heavy atom. The molecule has 3 rings (SSSR count). The summed E-state index contributed by atoms with van der Waals surface area (Å²) < 4.78 is 0. The van der Waals surface area contributed by atoms with Gasteiger partial charge in [0.25, 0.3) is 5.91 Å². The maximum atomic E-state index is 12.2. The Labute approximate surface area is 137 Å². The summed E-state index contributed by atoms with van der Waals surface area (Å²) >= 11 is 0. The van der Waals surface area contributed by atoms with Crippen molar-refractivity contribution in [3.63, 3.8) is 0 Å². The lowest BCUT2D eigenvalue weighted by atomic mass is 10.0. The molecular weight excluding hydrogens is 286 g/mol. The van der Waals surface area contributed by atoms with Crippen molar-refractivity contribution in [3.05, 3.63) is 53.9 Å². The third kappa shape index (κ3) is 3.52. The first-order valence-electron chi connectivity index (χ1n) is 8.38. The van der Waals surface area contributed by atoms with Gasteiger partial charge in [-0.3, -0.25) is 9.78 Å². The second kappa shape index (κ2) is 7.27. The molecule has 0 radical (unpaired) electrons. The van der Waals surface area contributed by atoms with Gasteiger partial charge in [0.15, 0.2) is 0 Å². The number of benzene rings is 1. The van der Waals surface area contributed by atoms with E-state index in [0.717, 1.165) is 37.9 Å². The van der Waals surface area contributed by atoms with Crippen LogP contribution in [-0.4, -0.2) is 24.0 Å². The summed E-state index contributed by atoms with van der Waals surface area (Å²) in [6, 6.07) is 10.4. The molecule has 4 nitrogen and oxygen atoms in total. The van der Waals surface area contributed by atoms with Crippen LogP contribution in [0.1, 0.15) is 42.1 Å². The van der Waals surface area contributed by atoms with Crippen LogP contribution in [0.15, 0.2) is 42.7 Å². The van der Waals surface area contributed by atoms with E-state index in [1.165, 1.54) is 11.3 Å². The van der Waals surface area contributed by atoms with Gasteiger partial charge >= 0.3 is 0 Å². The lowest BCUT2D eigenvalue weighted by Gasteiger charge is -2.31. The first kappa shape index (κ1) is 15.5. The highest BCUT2D eigenvalue weighted by Gasteiger charge is 2.19. The van der Waals surface area contributed by atoms with Crippen LogP contribution in [0.25, 0.3) is 0 Å². The fourth-order valence-corrected chi connectivity index (χ4v) is 2.98. The van der Waals surface area contributed by atoms with Crippen molar-refractivity contribution in [1.82, 2.24) is 10.3 Å². The number of hydrogen-bond donors (Lipinski definition) is 1. The van der Waals surface area contributed by atoms with E-state index in [-0.39, 0.29) is 5.91 Å². The predicted molar refractivity (Wildman–Crippen MR) is 93.2 cm³/mol. The molecule has 2 heterocycles. The molecule has 1 aliphatic heterocycles. The van der Waals surface area contributed by atoms with Crippen LogP contribution in [-0.2, 0) is 6.42 Å². The van der Waals surface area contributed by atoms with Gasteiger partial charge in [0.2, 0.25) is 0 Å². The quantitative estimate of drug-likeness (QED) is 0.857. The Kier molecular flexibility index (Phi) is 4.91. The van der Waals surface area contributed by atoms with Crippen molar-refractivity contribution in [2.45, 2.75) is 32.6 Å². The lowest BCUT2D eigenvalue weighted by molar-refractivity contribution is 0.0953. The van der Waals surface area contributed by atoms with Gasteiger partial charge in [0.1, 0.15) is 0 Å². The Balaban J connectivity index is 1.82. The highest BCUT2D eigenvalue weighted by molar-refractivity contribution is 5.95. The SMILES string of the molecule is CCCCNC(=O)c1cncc(N2CCCc3ccccc32)c1. The molecule has 1 amide bonds. The zero-order chi connectivity index (χ0) is 16.1. The number of fused-ring (bicyclic) bond motifs is 1.